The van der Waals surface area contributed by atoms with Gasteiger partial charge in [-0.15, -0.1) is 0 Å². The van der Waals surface area contributed by atoms with Crippen molar-refractivity contribution in [2.45, 2.75) is 43.7 Å². The van der Waals surface area contributed by atoms with Crippen molar-refractivity contribution in [3.8, 4) is 0 Å². The number of amides is 2. The van der Waals surface area contributed by atoms with Crippen molar-refractivity contribution in [2.75, 3.05) is 18.9 Å². The van der Waals surface area contributed by atoms with E-state index in [4.69, 9.17) is 4.74 Å². The quantitative estimate of drug-likeness (QED) is 0.841. The molecule has 0 spiro atoms. The van der Waals surface area contributed by atoms with Gasteiger partial charge in [0.15, 0.2) is 5.16 Å². The van der Waals surface area contributed by atoms with Crippen molar-refractivity contribution in [1.82, 2.24) is 24.8 Å². The third kappa shape index (κ3) is 4.19. The number of rotatable bonds is 6. The van der Waals surface area contributed by atoms with Crippen molar-refractivity contribution < 1.29 is 9.53 Å². The van der Waals surface area contributed by atoms with Gasteiger partial charge in [-0.3, -0.25) is 4.98 Å². The summed E-state index contributed by atoms with van der Waals surface area (Å²) in [6.45, 7) is 3.26. The summed E-state index contributed by atoms with van der Waals surface area (Å²) in [7, 11) is 0. The maximum absolute atomic E-state index is 12.8. The number of aryl methyl sites for hydroxylation is 1. The van der Waals surface area contributed by atoms with Gasteiger partial charge in [0.2, 0.25) is 0 Å². The van der Waals surface area contributed by atoms with Crippen LogP contribution in [0.1, 0.15) is 24.2 Å². The van der Waals surface area contributed by atoms with E-state index in [1.807, 2.05) is 24.4 Å². The molecule has 0 aliphatic carbocycles. The van der Waals surface area contributed by atoms with Crippen LogP contribution in [0.5, 0.6) is 0 Å². The lowest BCUT2D eigenvalue weighted by molar-refractivity contribution is 0.0791. The molecule has 2 amide bonds. The van der Waals surface area contributed by atoms with Crippen molar-refractivity contribution in [1.29, 1.82) is 0 Å². The van der Waals surface area contributed by atoms with Crippen molar-refractivity contribution in [3.63, 3.8) is 0 Å². The van der Waals surface area contributed by atoms with E-state index in [1.54, 1.807) is 22.9 Å². The minimum absolute atomic E-state index is 0.105. The topological polar surface area (TPSA) is 72.3 Å². The summed E-state index contributed by atoms with van der Waals surface area (Å²) >= 11 is 1.76. The predicted molar refractivity (Wildman–Crippen MR) is 98.8 cm³/mol. The second kappa shape index (κ2) is 8.09. The Morgan fingerprint density at radius 1 is 1.42 bits per heavy atom. The maximum Gasteiger partial charge on any atom is 0.318 e. The van der Waals surface area contributed by atoms with Gasteiger partial charge in [-0.1, -0.05) is 17.8 Å². The lowest BCUT2D eigenvalue weighted by Gasteiger charge is -2.25. The number of nitrogens with zero attached hydrogens (tertiary/aromatic N) is 4. The van der Waals surface area contributed by atoms with E-state index in [0.717, 1.165) is 48.3 Å². The molecule has 138 valence electrons. The Morgan fingerprint density at radius 3 is 3.15 bits per heavy atom. The summed E-state index contributed by atoms with van der Waals surface area (Å²) in [6, 6.07) is 5.65. The standard InChI is InChI=1S/C18H23N5O2S/c24-17(20-10-15-12-22-7-9-26-18(22)21-15)23(13-16-5-3-8-25-16)11-14-4-1-2-6-19-14/h1-2,4,6,12,16H,3,5,7-11,13H2,(H,20,24)/t16-/m0/s1. The van der Waals surface area contributed by atoms with Crippen LogP contribution in [0.25, 0.3) is 0 Å². The molecule has 0 saturated carbocycles. The Bertz CT molecular complexity index is 724. The number of pyridine rings is 1. The highest BCUT2D eigenvalue weighted by Crippen LogP contribution is 2.24. The fraction of sp³-hybridized carbons (Fsp3) is 0.500. The number of hydrogen-bond acceptors (Lipinski definition) is 5. The molecule has 7 nitrogen and oxygen atoms in total. The fourth-order valence-electron chi connectivity index (χ4n) is 3.27. The average molecular weight is 373 g/mol. The lowest BCUT2D eigenvalue weighted by atomic mass is 10.2. The highest BCUT2D eigenvalue weighted by atomic mass is 32.2. The van der Waals surface area contributed by atoms with E-state index in [1.165, 1.54) is 0 Å². The number of carbonyl (C=O) groups is 1. The van der Waals surface area contributed by atoms with Crippen LogP contribution in [-0.4, -0.2) is 50.5 Å². The van der Waals surface area contributed by atoms with Gasteiger partial charge in [-0.05, 0) is 25.0 Å². The van der Waals surface area contributed by atoms with Crippen LogP contribution < -0.4 is 5.32 Å². The first kappa shape index (κ1) is 17.4. The fourth-order valence-corrected chi connectivity index (χ4v) is 4.23. The van der Waals surface area contributed by atoms with Gasteiger partial charge in [0.25, 0.3) is 0 Å². The Labute approximate surface area is 157 Å². The number of imidazole rings is 1. The molecule has 1 N–H and O–H groups in total. The monoisotopic (exact) mass is 373 g/mol. The SMILES string of the molecule is O=C(NCc1cn2c(n1)SCC2)N(Cc1ccccn1)C[C@@H]1CCCO1. The first-order valence-electron chi connectivity index (χ1n) is 9.01. The summed E-state index contributed by atoms with van der Waals surface area (Å²) in [5, 5.41) is 4.04. The zero-order valence-corrected chi connectivity index (χ0v) is 15.5. The van der Waals surface area contributed by atoms with Gasteiger partial charge in [0.1, 0.15) is 0 Å². The molecule has 0 aromatic carbocycles. The normalized spacial score (nSPS) is 18.7. The highest BCUT2D eigenvalue weighted by molar-refractivity contribution is 7.99. The summed E-state index contributed by atoms with van der Waals surface area (Å²) in [5.74, 6) is 1.08. The lowest BCUT2D eigenvalue weighted by Crippen LogP contribution is -2.43. The average Bonchev–Trinajstić information content (AvgIpc) is 3.37. The van der Waals surface area contributed by atoms with Gasteiger partial charge < -0.3 is 19.5 Å². The molecule has 0 bridgehead atoms. The van der Waals surface area contributed by atoms with Gasteiger partial charge in [0, 0.05) is 37.8 Å². The maximum atomic E-state index is 12.8. The second-order valence-corrected chi connectivity index (χ2v) is 7.61. The first-order valence-corrected chi connectivity index (χ1v) is 9.99. The number of thioether (sulfide) groups is 1. The number of urea groups is 1. The molecular formula is C18H23N5O2S. The van der Waals surface area contributed by atoms with E-state index >= 15 is 0 Å². The van der Waals surface area contributed by atoms with Gasteiger partial charge in [-0.25, -0.2) is 9.78 Å². The molecule has 2 aromatic heterocycles. The molecule has 8 heteroatoms. The molecule has 0 radical (unpaired) electrons. The highest BCUT2D eigenvalue weighted by Gasteiger charge is 2.23. The van der Waals surface area contributed by atoms with Crippen molar-refractivity contribution in [2.24, 2.45) is 0 Å². The van der Waals surface area contributed by atoms with E-state index in [-0.39, 0.29) is 12.1 Å². The molecule has 26 heavy (non-hydrogen) atoms. The van der Waals surface area contributed by atoms with Crippen molar-refractivity contribution in [3.05, 3.63) is 42.0 Å². The summed E-state index contributed by atoms with van der Waals surface area (Å²) in [4.78, 5) is 23.5. The van der Waals surface area contributed by atoms with Crippen LogP contribution in [0.4, 0.5) is 4.79 Å². The van der Waals surface area contributed by atoms with Crippen LogP contribution in [-0.2, 0) is 24.4 Å². The summed E-state index contributed by atoms with van der Waals surface area (Å²) < 4.78 is 7.86. The van der Waals surface area contributed by atoms with Gasteiger partial charge in [-0.2, -0.15) is 0 Å². The predicted octanol–water partition coefficient (Wildman–Crippen LogP) is 2.27. The van der Waals surface area contributed by atoms with Crippen LogP contribution in [0, 0.1) is 0 Å². The number of hydrogen-bond donors (Lipinski definition) is 1. The van der Waals surface area contributed by atoms with E-state index in [2.05, 4.69) is 19.9 Å². The van der Waals surface area contributed by atoms with Gasteiger partial charge >= 0.3 is 6.03 Å². The van der Waals surface area contributed by atoms with Crippen LogP contribution in [0.2, 0.25) is 0 Å². The van der Waals surface area contributed by atoms with Gasteiger partial charge in [0.05, 0.1) is 30.6 Å². The van der Waals surface area contributed by atoms with Crippen molar-refractivity contribution >= 4 is 17.8 Å². The molecule has 2 aromatic rings. The Balaban J connectivity index is 1.38. The molecule has 4 rings (SSSR count). The number of aromatic nitrogens is 3. The molecule has 2 aliphatic rings. The minimum atomic E-state index is -0.105. The molecule has 4 heterocycles. The minimum Gasteiger partial charge on any atom is -0.376 e. The smallest absolute Gasteiger partial charge is 0.318 e. The third-order valence-electron chi connectivity index (χ3n) is 4.59. The van der Waals surface area contributed by atoms with E-state index < -0.39 is 0 Å². The Kier molecular flexibility index (Phi) is 5.40. The largest absolute Gasteiger partial charge is 0.376 e. The second-order valence-electron chi connectivity index (χ2n) is 6.55. The van der Waals surface area contributed by atoms with Crippen LogP contribution >= 0.6 is 11.8 Å². The zero-order chi connectivity index (χ0) is 17.8. The molecule has 1 saturated heterocycles. The number of carbonyl (C=O) groups excluding carboxylic acids is 1. The van der Waals surface area contributed by atoms with Crippen LogP contribution in [0.15, 0.2) is 35.7 Å². The number of fused-ring (bicyclic) bond motifs is 1. The summed E-state index contributed by atoms with van der Waals surface area (Å²) in [6.07, 6.45) is 5.94. The first-order chi connectivity index (χ1) is 12.8. The molecule has 2 aliphatic heterocycles. The number of ether oxygens (including phenoxy) is 1. The summed E-state index contributed by atoms with van der Waals surface area (Å²) in [5.41, 5.74) is 1.77. The Hall–Kier alpha value is -2.06. The molecule has 0 unspecified atom stereocenters. The number of nitrogens with one attached hydrogen (secondary N) is 1. The zero-order valence-electron chi connectivity index (χ0n) is 14.6. The molecule has 1 atom stereocenters. The van der Waals surface area contributed by atoms with E-state index in [9.17, 15) is 4.79 Å². The molecule has 1 fully saturated rings. The third-order valence-corrected chi connectivity index (χ3v) is 5.56. The Morgan fingerprint density at radius 2 is 2.38 bits per heavy atom. The van der Waals surface area contributed by atoms with Crippen LogP contribution in [0.3, 0.4) is 0 Å². The van der Waals surface area contributed by atoms with E-state index in [0.29, 0.717) is 19.6 Å². The molecular weight excluding hydrogens is 350 g/mol.